The minimum absolute atomic E-state index is 0.0599. The van der Waals surface area contributed by atoms with E-state index in [0.29, 0.717) is 19.7 Å². The number of halogens is 1. The number of nitrogens with zero attached hydrogens (tertiary/aromatic N) is 1. The molecule has 0 N–H and O–H groups in total. The first-order valence-electron chi connectivity index (χ1n) is 5.49. The van der Waals surface area contributed by atoms with Gasteiger partial charge in [0.1, 0.15) is 0 Å². The van der Waals surface area contributed by atoms with E-state index in [1.165, 1.54) is 0 Å². The quantitative estimate of drug-likeness (QED) is 0.785. The van der Waals surface area contributed by atoms with Crippen LogP contribution in [0.1, 0.15) is 11.8 Å². The van der Waals surface area contributed by atoms with Crippen LogP contribution in [0.25, 0.3) is 6.08 Å². The topological polar surface area (TPSA) is 29.5 Å². The molecule has 1 aliphatic rings. The Hall–Kier alpha value is -0.650. The lowest BCUT2D eigenvalue weighted by Crippen LogP contribution is -2.43. The average molecular weight is 316 g/mol. The Kier molecular flexibility index (Phi) is 4.36. The second-order valence-corrected chi connectivity index (χ2v) is 6.44. The zero-order chi connectivity index (χ0) is 12.3. The minimum Gasteiger partial charge on any atom is -0.375 e. The molecule has 1 atom stereocenters. The number of rotatable bonds is 2. The maximum absolute atomic E-state index is 11.9. The molecule has 1 unspecified atom stereocenters. The number of ether oxygens (including phenoxy) is 1. The highest BCUT2D eigenvalue weighted by molar-refractivity contribution is 9.11. The fourth-order valence-electron chi connectivity index (χ4n) is 1.70. The van der Waals surface area contributed by atoms with Crippen molar-refractivity contribution in [1.29, 1.82) is 0 Å². The molecule has 0 spiro atoms. The van der Waals surface area contributed by atoms with E-state index in [0.717, 1.165) is 8.66 Å². The van der Waals surface area contributed by atoms with E-state index in [4.69, 9.17) is 4.74 Å². The van der Waals surface area contributed by atoms with Crippen LogP contribution in [-0.2, 0) is 9.53 Å². The van der Waals surface area contributed by atoms with Gasteiger partial charge in [-0.3, -0.25) is 4.79 Å². The van der Waals surface area contributed by atoms with Crippen molar-refractivity contribution in [2.45, 2.75) is 13.0 Å². The molecule has 1 aromatic heterocycles. The first-order chi connectivity index (χ1) is 8.15. The Balaban J connectivity index is 1.94. The van der Waals surface area contributed by atoms with Gasteiger partial charge in [0, 0.05) is 24.0 Å². The van der Waals surface area contributed by atoms with Gasteiger partial charge in [0.05, 0.1) is 16.5 Å². The molecule has 92 valence electrons. The minimum atomic E-state index is 0.0599. The van der Waals surface area contributed by atoms with Crippen molar-refractivity contribution in [2.75, 3.05) is 19.7 Å². The van der Waals surface area contributed by atoms with Crippen LogP contribution in [0, 0.1) is 0 Å². The second kappa shape index (κ2) is 5.80. The highest BCUT2D eigenvalue weighted by atomic mass is 79.9. The van der Waals surface area contributed by atoms with Gasteiger partial charge < -0.3 is 9.64 Å². The summed E-state index contributed by atoms with van der Waals surface area (Å²) in [4.78, 5) is 14.8. The molecule has 1 amide bonds. The lowest BCUT2D eigenvalue weighted by molar-refractivity contribution is -0.132. The summed E-state index contributed by atoms with van der Waals surface area (Å²) in [6.45, 7) is 3.98. The van der Waals surface area contributed by atoms with Crippen molar-refractivity contribution in [1.82, 2.24) is 4.90 Å². The predicted octanol–water partition coefficient (Wildman–Crippen LogP) is 2.77. The number of thiophene rings is 1. The molecule has 5 heteroatoms. The summed E-state index contributed by atoms with van der Waals surface area (Å²) in [5.74, 6) is 0.0599. The van der Waals surface area contributed by atoms with Crippen molar-refractivity contribution < 1.29 is 9.53 Å². The summed E-state index contributed by atoms with van der Waals surface area (Å²) < 4.78 is 6.48. The van der Waals surface area contributed by atoms with Crippen LogP contribution in [0.15, 0.2) is 22.0 Å². The second-order valence-electron chi connectivity index (χ2n) is 3.94. The molecule has 1 aliphatic heterocycles. The van der Waals surface area contributed by atoms with E-state index >= 15 is 0 Å². The van der Waals surface area contributed by atoms with Gasteiger partial charge in [-0.25, -0.2) is 0 Å². The molecule has 1 aromatic rings. The Morgan fingerprint density at radius 3 is 3.12 bits per heavy atom. The number of morpholine rings is 1. The van der Waals surface area contributed by atoms with E-state index in [1.54, 1.807) is 17.4 Å². The van der Waals surface area contributed by atoms with Gasteiger partial charge >= 0.3 is 0 Å². The summed E-state index contributed by atoms with van der Waals surface area (Å²) in [6, 6.07) is 3.96. The molecule has 17 heavy (non-hydrogen) atoms. The Bertz CT molecular complexity index is 430. The fourth-order valence-corrected chi connectivity index (χ4v) is 3.02. The van der Waals surface area contributed by atoms with Gasteiger partial charge in [0.15, 0.2) is 0 Å². The van der Waals surface area contributed by atoms with E-state index in [2.05, 4.69) is 15.9 Å². The molecule has 2 rings (SSSR count). The van der Waals surface area contributed by atoms with E-state index in [9.17, 15) is 4.79 Å². The highest BCUT2D eigenvalue weighted by Gasteiger charge is 2.19. The van der Waals surface area contributed by atoms with Crippen molar-refractivity contribution in [3.05, 3.63) is 26.9 Å². The zero-order valence-corrected chi connectivity index (χ0v) is 12.0. The number of carbonyl (C=O) groups excluding carboxylic acids is 1. The normalized spacial score (nSPS) is 21.1. The van der Waals surface area contributed by atoms with Crippen LogP contribution < -0.4 is 0 Å². The third kappa shape index (κ3) is 3.66. The molecule has 0 radical (unpaired) electrons. The zero-order valence-electron chi connectivity index (χ0n) is 9.56. The van der Waals surface area contributed by atoms with Gasteiger partial charge in [-0.15, -0.1) is 11.3 Å². The predicted molar refractivity (Wildman–Crippen MR) is 73.0 cm³/mol. The van der Waals surface area contributed by atoms with Gasteiger partial charge in [-0.1, -0.05) is 0 Å². The third-order valence-electron chi connectivity index (χ3n) is 2.54. The third-order valence-corrected chi connectivity index (χ3v) is 4.13. The number of hydrogen-bond donors (Lipinski definition) is 0. The highest BCUT2D eigenvalue weighted by Crippen LogP contribution is 2.23. The van der Waals surface area contributed by atoms with E-state index in [-0.39, 0.29) is 12.0 Å². The standard InChI is InChI=1S/C12H14BrNO2S/c1-9-8-14(6-7-16-9)12(15)5-3-10-2-4-11(13)17-10/h2-5,9H,6-8H2,1H3/b5-3+. The van der Waals surface area contributed by atoms with Crippen LogP contribution in [0.3, 0.4) is 0 Å². The van der Waals surface area contributed by atoms with Crippen molar-refractivity contribution in [3.63, 3.8) is 0 Å². The van der Waals surface area contributed by atoms with Crippen molar-refractivity contribution in [2.24, 2.45) is 0 Å². The van der Waals surface area contributed by atoms with Crippen LogP contribution in [0.2, 0.25) is 0 Å². The van der Waals surface area contributed by atoms with Gasteiger partial charge in [0.25, 0.3) is 0 Å². The lowest BCUT2D eigenvalue weighted by Gasteiger charge is -2.30. The first kappa shape index (κ1) is 12.8. The molecule has 2 heterocycles. The van der Waals surface area contributed by atoms with Crippen LogP contribution >= 0.6 is 27.3 Å². The summed E-state index contributed by atoms with van der Waals surface area (Å²) in [6.07, 6.45) is 3.63. The Morgan fingerprint density at radius 1 is 1.65 bits per heavy atom. The van der Waals surface area contributed by atoms with Gasteiger partial charge in [0.2, 0.25) is 5.91 Å². The Morgan fingerprint density at radius 2 is 2.47 bits per heavy atom. The van der Waals surface area contributed by atoms with E-state index in [1.807, 2.05) is 30.0 Å². The summed E-state index contributed by atoms with van der Waals surface area (Å²) in [5, 5.41) is 0. The van der Waals surface area contributed by atoms with Crippen molar-refractivity contribution >= 4 is 39.2 Å². The molecular weight excluding hydrogens is 302 g/mol. The van der Waals surface area contributed by atoms with Gasteiger partial charge in [-0.2, -0.15) is 0 Å². The van der Waals surface area contributed by atoms with Crippen molar-refractivity contribution in [3.8, 4) is 0 Å². The molecule has 3 nitrogen and oxygen atoms in total. The van der Waals surface area contributed by atoms with Crippen LogP contribution in [0.4, 0.5) is 0 Å². The number of hydrogen-bond acceptors (Lipinski definition) is 3. The summed E-state index contributed by atoms with van der Waals surface area (Å²) >= 11 is 5.01. The first-order valence-corrected chi connectivity index (χ1v) is 7.10. The molecule has 0 aliphatic carbocycles. The molecule has 0 bridgehead atoms. The van der Waals surface area contributed by atoms with Crippen LogP contribution in [-0.4, -0.2) is 36.6 Å². The largest absolute Gasteiger partial charge is 0.375 e. The molecule has 0 saturated carbocycles. The SMILES string of the molecule is CC1CN(C(=O)/C=C/c2ccc(Br)s2)CCO1. The van der Waals surface area contributed by atoms with Crippen LogP contribution in [0.5, 0.6) is 0 Å². The summed E-state index contributed by atoms with van der Waals surface area (Å²) in [7, 11) is 0. The monoisotopic (exact) mass is 315 g/mol. The van der Waals surface area contributed by atoms with E-state index < -0.39 is 0 Å². The molecule has 1 saturated heterocycles. The smallest absolute Gasteiger partial charge is 0.246 e. The lowest BCUT2D eigenvalue weighted by atomic mass is 10.3. The number of amides is 1. The molecule has 1 fully saturated rings. The molecular formula is C12H14BrNO2S. The maximum Gasteiger partial charge on any atom is 0.246 e. The summed E-state index contributed by atoms with van der Waals surface area (Å²) in [5.41, 5.74) is 0. The Labute approximate surface area is 113 Å². The fraction of sp³-hybridized carbons (Fsp3) is 0.417. The average Bonchev–Trinajstić information content (AvgIpc) is 2.72. The molecule has 0 aromatic carbocycles. The maximum atomic E-state index is 11.9. The number of carbonyl (C=O) groups is 1. The van der Waals surface area contributed by atoms with Gasteiger partial charge in [-0.05, 0) is 41.1 Å².